The fourth-order valence-corrected chi connectivity index (χ4v) is 4.87. The molecular weight excluding hydrogens is 452 g/mol. The number of rotatable bonds is 8. The highest BCUT2D eigenvalue weighted by molar-refractivity contribution is 8.16. The van der Waals surface area contributed by atoms with Crippen LogP contribution in [0.3, 0.4) is 0 Å². The lowest BCUT2D eigenvalue weighted by Crippen LogP contribution is -2.38. The van der Waals surface area contributed by atoms with Crippen LogP contribution >= 0.6 is 11.8 Å². The summed E-state index contributed by atoms with van der Waals surface area (Å²) in [5.41, 5.74) is 3.58. The molecule has 2 aliphatic heterocycles. The SMILES string of the molecule is CCC1=C(C(=O)OC)[C@@H](c2ccc(OC)cc2)N2C(CC(=O)NCc3ccccn3)=CSC2=N1. The molecule has 8 nitrogen and oxygen atoms in total. The fourth-order valence-electron chi connectivity index (χ4n) is 3.93. The summed E-state index contributed by atoms with van der Waals surface area (Å²) >= 11 is 1.45. The molecule has 3 heterocycles. The highest BCUT2D eigenvalue weighted by Gasteiger charge is 2.41. The molecule has 0 saturated heterocycles. The summed E-state index contributed by atoms with van der Waals surface area (Å²) in [5.74, 6) is 0.140. The summed E-state index contributed by atoms with van der Waals surface area (Å²) in [6, 6.07) is 12.7. The third-order valence-electron chi connectivity index (χ3n) is 5.60. The number of aromatic nitrogens is 1. The molecule has 4 rings (SSSR count). The molecule has 0 saturated carbocycles. The van der Waals surface area contributed by atoms with Gasteiger partial charge in [0.2, 0.25) is 5.91 Å². The Morgan fingerprint density at radius 1 is 1.15 bits per heavy atom. The zero-order chi connectivity index (χ0) is 24.1. The Balaban J connectivity index is 1.63. The Kier molecular flexibility index (Phi) is 7.32. The van der Waals surface area contributed by atoms with Crippen LogP contribution in [0.5, 0.6) is 5.75 Å². The molecule has 34 heavy (non-hydrogen) atoms. The zero-order valence-electron chi connectivity index (χ0n) is 19.3. The Morgan fingerprint density at radius 2 is 1.94 bits per heavy atom. The highest BCUT2D eigenvalue weighted by atomic mass is 32.2. The number of nitrogens with one attached hydrogen (secondary N) is 1. The minimum absolute atomic E-state index is 0.140. The van der Waals surface area contributed by atoms with E-state index >= 15 is 0 Å². The molecule has 0 spiro atoms. The normalized spacial score (nSPS) is 17.0. The summed E-state index contributed by atoms with van der Waals surface area (Å²) in [4.78, 5) is 36.6. The molecule has 9 heteroatoms. The van der Waals surface area contributed by atoms with E-state index in [2.05, 4.69) is 10.3 Å². The number of hydrogen-bond acceptors (Lipinski definition) is 8. The van der Waals surface area contributed by atoms with E-state index < -0.39 is 12.0 Å². The number of carbonyl (C=O) groups is 2. The average Bonchev–Trinajstić information content (AvgIpc) is 3.28. The number of nitrogens with zero attached hydrogens (tertiary/aromatic N) is 3. The van der Waals surface area contributed by atoms with Crippen molar-refractivity contribution in [2.75, 3.05) is 14.2 Å². The summed E-state index contributed by atoms with van der Waals surface area (Å²) < 4.78 is 10.4. The first-order valence-electron chi connectivity index (χ1n) is 10.9. The van der Waals surface area contributed by atoms with Crippen molar-refractivity contribution in [3.8, 4) is 5.75 Å². The van der Waals surface area contributed by atoms with E-state index in [-0.39, 0.29) is 12.3 Å². The first kappa shape index (κ1) is 23.6. The number of carbonyl (C=O) groups excluding carboxylic acids is 2. The number of allylic oxidation sites excluding steroid dienone is 1. The van der Waals surface area contributed by atoms with Gasteiger partial charge in [0.15, 0.2) is 5.17 Å². The molecule has 2 aliphatic rings. The molecule has 0 radical (unpaired) electrons. The van der Waals surface area contributed by atoms with Crippen molar-refractivity contribution in [3.05, 3.63) is 82.3 Å². The van der Waals surface area contributed by atoms with Crippen molar-refractivity contribution >= 4 is 28.8 Å². The van der Waals surface area contributed by atoms with Crippen LogP contribution in [0.2, 0.25) is 0 Å². The molecule has 0 bridgehead atoms. The number of aliphatic imine (C=N–C) groups is 1. The van der Waals surface area contributed by atoms with Gasteiger partial charge < -0.3 is 19.7 Å². The quantitative estimate of drug-likeness (QED) is 0.575. The van der Waals surface area contributed by atoms with Crippen molar-refractivity contribution in [3.63, 3.8) is 0 Å². The fraction of sp³-hybridized carbons (Fsp3) is 0.280. The molecule has 0 fully saturated rings. The van der Waals surface area contributed by atoms with Gasteiger partial charge in [-0.1, -0.05) is 36.9 Å². The molecule has 176 valence electrons. The van der Waals surface area contributed by atoms with Gasteiger partial charge >= 0.3 is 5.97 Å². The van der Waals surface area contributed by atoms with E-state index in [1.807, 2.05) is 59.7 Å². The standard InChI is InChI=1S/C25H26N4O4S/c1-4-20-22(24(31)33-3)23(16-8-10-19(32-2)11-9-16)29-18(15-34-25(29)28-20)13-21(30)27-14-17-7-5-6-12-26-17/h5-12,15,23H,4,13-14H2,1-3H3,(H,27,30)/t23-/m1/s1. The lowest BCUT2D eigenvalue weighted by Gasteiger charge is -2.36. The van der Waals surface area contributed by atoms with Crippen LogP contribution in [0.25, 0.3) is 0 Å². The minimum Gasteiger partial charge on any atom is -0.497 e. The second kappa shape index (κ2) is 10.6. The summed E-state index contributed by atoms with van der Waals surface area (Å²) in [5, 5.41) is 5.57. The van der Waals surface area contributed by atoms with Crippen molar-refractivity contribution in [1.29, 1.82) is 0 Å². The summed E-state index contributed by atoms with van der Waals surface area (Å²) in [6.45, 7) is 2.30. The molecule has 0 aliphatic carbocycles. The van der Waals surface area contributed by atoms with E-state index in [0.29, 0.717) is 30.0 Å². The van der Waals surface area contributed by atoms with E-state index in [0.717, 1.165) is 22.1 Å². The number of hydrogen-bond donors (Lipinski definition) is 1. The maximum Gasteiger partial charge on any atom is 0.338 e. The minimum atomic E-state index is -0.467. The van der Waals surface area contributed by atoms with Gasteiger partial charge in [-0.15, -0.1) is 0 Å². The maximum absolute atomic E-state index is 12.9. The number of esters is 1. The van der Waals surface area contributed by atoms with Gasteiger partial charge in [0.1, 0.15) is 5.75 Å². The first-order valence-corrected chi connectivity index (χ1v) is 11.8. The van der Waals surface area contributed by atoms with Crippen LogP contribution < -0.4 is 10.1 Å². The Labute approximate surface area is 202 Å². The predicted molar refractivity (Wildman–Crippen MR) is 131 cm³/mol. The number of benzene rings is 1. The largest absolute Gasteiger partial charge is 0.497 e. The van der Waals surface area contributed by atoms with Crippen LogP contribution in [-0.4, -0.2) is 41.1 Å². The smallest absolute Gasteiger partial charge is 0.338 e. The molecule has 2 aromatic rings. The first-order chi connectivity index (χ1) is 16.5. The van der Waals surface area contributed by atoms with Gasteiger partial charge in [-0.2, -0.15) is 0 Å². The van der Waals surface area contributed by atoms with Crippen LogP contribution in [0.4, 0.5) is 0 Å². The lowest BCUT2D eigenvalue weighted by molar-refractivity contribution is -0.136. The molecular formula is C25H26N4O4S. The number of fused-ring (bicyclic) bond motifs is 1. The van der Waals surface area contributed by atoms with Crippen molar-refractivity contribution in [2.24, 2.45) is 4.99 Å². The Morgan fingerprint density at radius 3 is 2.59 bits per heavy atom. The van der Waals surface area contributed by atoms with E-state index in [1.165, 1.54) is 18.9 Å². The monoisotopic (exact) mass is 478 g/mol. The van der Waals surface area contributed by atoms with Gasteiger partial charge in [-0.3, -0.25) is 9.78 Å². The zero-order valence-corrected chi connectivity index (χ0v) is 20.1. The van der Waals surface area contributed by atoms with Gasteiger partial charge in [0, 0.05) is 11.9 Å². The predicted octanol–water partition coefficient (Wildman–Crippen LogP) is 3.93. The number of pyridine rings is 1. The topological polar surface area (TPSA) is 93.1 Å². The van der Waals surface area contributed by atoms with Crippen LogP contribution in [0, 0.1) is 0 Å². The second-order valence-corrected chi connectivity index (χ2v) is 8.48. The third kappa shape index (κ3) is 4.84. The molecule has 1 aromatic heterocycles. The van der Waals surface area contributed by atoms with E-state index in [1.54, 1.807) is 13.3 Å². The van der Waals surface area contributed by atoms with Crippen molar-refractivity contribution in [1.82, 2.24) is 15.2 Å². The van der Waals surface area contributed by atoms with Crippen LogP contribution in [0.1, 0.15) is 37.1 Å². The molecule has 1 N–H and O–H groups in total. The van der Waals surface area contributed by atoms with Gasteiger partial charge in [0.25, 0.3) is 0 Å². The highest BCUT2D eigenvalue weighted by Crippen LogP contribution is 2.45. The number of amidine groups is 1. The van der Waals surface area contributed by atoms with E-state index in [4.69, 9.17) is 14.5 Å². The van der Waals surface area contributed by atoms with Crippen molar-refractivity contribution < 1.29 is 19.1 Å². The second-order valence-electron chi connectivity index (χ2n) is 7.65. The molecule has 0 unspecified atom stereocenters. The van der Waals surface area contributed by atoms with E-state index in [9.17, 15) is 9.59 Å². The third-order valence-corrected chi connectivity index (χ3v) is 6.48. The Hall–Kier alpha value is -3.59. The van der Waals surface area contributed by atoms with Crippen LogP contribution in [-0.2, 0) is 20.9 Å². The number of thioether (sulfide) groups is 1. The van der Waals surface area contributed by atoms with Gasteiger partial charge in [-0.05, 0) is 41.7 Å². The Bertz CT molecular complexity index is 1160. The van der Waals surface area contributed by atoms with Crippen molar-refractivity contribution in [2.45, 2.75) is 32.4 Å². The maximum atomic E-state index is 12.9. The van der Waals surface area contributed by atoms with Gasteiger partial charge in [-0.25, -0.2) is 9.79 Å². The van der Waals surface area contributed by atoms with Gasteiger partial charge in [0.05, 0.1) is 50.2 Å². The molecule has 1 amide bonds. The molecule has 1 atom stereocenters. The van der Waals surface area contributed by atoms with Crippen LogP contribution in [0.15, 0.2) is 76.0 Å². The summed E-state index contributed by atoms with van der Waals surface area (Å²) in [7, 11) is 2.98. The number of ether oxygens (including phenoxy) is 2. The lowest BCUT2D eigenvalue weighted by atomic mass is 9.93. The number of methoxy groups -OCH3 is 2. The average molecular weight is 479 g/mol. The number of amides is 1. The molecule has 1 aromatic carbocycles. The summed E-state index contributed by atoms with van der Waals surface area (Å²) in [6.07, 6.45) is 2.41.